The summed E-state index contributed by atoms with van der Waals surface area (Å²) in [5, 5.41) is 12.7. The molecule has 0 saturated carbocycles. The summed E-state index contributed by atoms with van der Waals surface area (Å²) in [7, 11) is 0. The second-order valence-corrected chi connectivity index (χ2v) is 6.53. The summed E-state index contributed by atoms with van der Waals surface area (Å²) in [6.07, 6.45) is 5.65. The second-order valence-electron chi connectivity index (χ2n) is 5.59. The van der Waals surface area contributed by atoms with E-state index < -0.39 is 0 Å². The number of carbonyl (C=O) groups is 1. The fraction of sp³-hybridized carbons (Fsp3) is 0.471. The van der Waals surface area contributed by atoms with Crippen molar-refractivity contribution in [3.8, 4) is 5.88 Å². The van der Waals surface area contributed by atoms with Gasteiger partial charge < -0.3 is 14.8 Å². The second kappa shape index (κ2) is 9.93. The molecule has 7 nitrogen and oxygen atoms in total. The molecule has 0 aliphatic rings. The molecule has 0 spiro atoms. The Bertz CT molecular complexity index is 728. The Morgan fingerprint density at radius 2 is 2.24 bits per heavy atom. The largest absolute Gasteiger partial charge is 0.493 e. The van der Waals surface area contributed by atoms with Crippen LogP contribution >= 0.6 is 11.8 Å². The highest BCUT2D eigenvalue weighted by molar-refractivity contribution is 7.99. The molecule has 0 unspecified atom stereocenters. The van der Waals surface area contributed by atoms with Crippen LogP contribution in [0.4, 0.5) is 0 Å². The first-order valence-corrected chi connectivity index (χ1v) is 9.31. The van der Waals surface area contributed by atoms with Crippen LogP contribution in [0.5, 0.6) is 5.88 Å². The van der Waals surface area contributed by atoms with E-state index in [4.69, 9.17) is 4.42 Å². The number of aromatic nitrogens is 2. The van der Waals surface area contributed by atoms with Crippen LogP contribution in [-0.4, -0.2) is 26.3 Å². The average Bonchev–Trinajstić information content (AvgIpc) is 3.10. The molecule has 0 aliphatic heterocycles. The standard InChI is InChI=1S/C17H23N3O4S/c1-2-3-4-5-8-20-16(23)10-14(21)19-17(20)25-12-15(22)18-11-13-7-6-9-24-13/h6-7,9-10,21H,2-5,8,11-12H2,1H3,(H,18,22). The molecule has 25 heavy (non-hydrogen) atoms. The molecule has 0 atom stereocenters. The van der Waals surface area contributed by atoms with Crippen LogP contribution in [-0.2, 0) is 17.9 Å². The lowest BCUT2D eigenvalue weighted by molar-refractivity contribution is -0.118. The summed E-state index contributed by atoms with van der Waals surface area (Å²) < 4.78 is 6.66. The minimum Gasteiger partial charge on any atom is -0.493 e. The molecule has 8 heteroatoms. The number of hydrogen-bond donors (Lipinski definition) is 2. The molecule has 2 aromatic rings. The molecule has 2 aromatic heterocycles. The normalized spacial score (nSPS) is 10.8. The Morgan fingerprint density at radius 3 is 2.96 bits per heavy atom. The van der Waals surface area contributed by atoms with Gasteiger partial charge in [-0.05, 0) is 18.6 Å². The predicted molar refractivity (Wildman–Crippen MR) is 95.6 cm³/mol. The van der Waals surface area contributed by atoms with E-state index in [2.05, 4.69) is 17.2 Å². The molecular formula is C17H23N3O4S. The van der Waals surface area contributed by atoms with Gasteiger partial charge >= 0.3 is 0 Å². The van der Waals surface area contributed by atoms with E-state index >= 15 is 0 Å². The molecular weight excluding hydrogens is 342 g/mol. The molecule has 0 radical (unpaired) electrons. The van der Waals surface area contributed by atoms with Gasteiger partial charge in [0.25, 0.3) is 5.56 Å². The van der Waals surface area contributed by atoms with Gasteiger partial charge in [0, 0.05) is 6.54 Å². The molecule has 2 heterocycles. The Morgan fingerprint density at radius 1 is 1.40 bits per heavy atom. The van der Waals surface area contributed by atoms with Crippen LogP contribution < -0.4 is 10.9 Å². The van der Waals surface area contributed by atoms with Crippen molar-refractivity contribution >= 4 is 17.7 Å². The number of hydrogen-bond acceptors (Lipinski definition) is 6. The van der Waals surface area contributed by atoms with Crippen molar-refractivity contribution in [2.45, 2.75) is 50.9 Å². The third-order valence-electron chi connectivity index (χ3n) is 3.57. The molecule has 0 bridgehead atoms. The predicted octanol–water partition coefficient (Wildman–Crippen LogP) is 2.53. The third kappa shape index (κ3) is 6.30. The van der Waals surface area contributed by atoms with Gasteiger partial charge in [-0.3, -0.25) is 14.2 Å². The van der Waals surface area contributed by atoms with E-state index in [0.717, 1.165) is 43.5 Å². The zero-order valence-corrected chi connectivity index (χ0v) is 15.1. The van der Waals surface area contributed by atoms with Crippen LogP contribution in [0.1, 0.15) is 38.4 Å². The topological polar surface area (TPSA) is 97.4 Å². The van der Waals surface area contributed by atoms with Gasteiger partial charge in [-0.15, -0.1) is 0 Å². The van der Waals surface area contributed by atoms with Crippen LogP contribution in [0.25, 0.3) is 0 Å². The fourth-order valence-corrected chi connectivity index (χ4v) is 3.12. The number of rotatable bonds is 10. The zero-order chi connectivity index (χ0) is 18.1. The van der Waals surface area contributed by atoms with Gasteiger partial charge in [-0.1, -0.05) is 37.9 Å². The highest BCUT2D eigenvalue weighted by atomic mass is 32.2. The van der Waals surface area contributed by atoms with Crippen LogP contribution in [0.15, 0.2) is 38.8 Å². The van der Waals surface area contributed by atoms with Crippen molar-refractivity contribution in [3.05, 3.63) is 40.6 Å². The lowest BCUT2D eigenvalue weighted by atomic mass is 10.2. The van der Waals surface area contributed by atoms with E-state index in [-0.39, 0.29) is 23.1 Å². The Kier molecular flexibility index (Phi) is 7.59. The van der Waals surface area contributed by atoms with E-state index in [1.54, 1.807) is 18.4 Å². The minimum atomic E-state index is -0.326. The van der Waals surface area contributed by atoms with E-state index in [1.807, 2.05) is 0 Å². The highest BCUT2D eigenvalue weighted by Crippen LogP contribution is 2.17. The van der Waals surface area contributed by atoms with E-state index in [9.17, 15) is 14.7 Å². The molecule has 1 amide bonds. The fourth-order valence-electron chi connectivity index (χ4n) is 2.27. The number of aromatic hydroxyl groups is 1. The van der Waals surface area contributed by atoms with Crippen molar-refractivity contribution in [1.29, 1.82) is 0 Å². The first-order chi connectivity index (χ1) is 12.1. The van der Waals surface area contributed by atoms with E-state index in [1.165, 1.54) is 4.57 Å². The molecule has 2 rings (SSSR count). The number of carbonyl (C=O) groups excluding carboxylic acids is 1. The smallest absolute Gasteiger partial charge is 0.257 e. The van der Waals surface area contributed by atoms with Gasteiger partial charge in [-0.2, -0.15) is 4.98 Å². The first-order valence-electron chi connectivity index (χ1n) is 8.33. The molecule has 136 valence electrons. The maximum atomic E-state index is 12.1. The van der Waals surface area contributed by atoms with Crippen molar-refractivity contribution in [3.63, 3.8) is 0 Å². The Balaban J connectivity index is 1.92. The van der Waals surface area contributed by atoms with Crippen molar-refractivity contribution in [2.24, 2.45) is 0 Å². The maximum absolute atomic E-state index is 12.1. The monoisotopic (exact) mass is 365 g/mol. The maximum Gasteiger partial charge on any atom is 0.257 e. The van der Waals surface area contributed by atoms with Gasteiger partial charge in [0.2, 0.25) is 11.8 Å². The highest BCUT2D eigenvalue weighted by Gasteiger charge is 2.11. The summed E-state index contributed by atoms with van der Waals surface area (Å²) >= 11 is 1.13. The number of nitrogens with one attached hydrogen (secondary N) is 1. The zero-order valence-electron chi connectivity index (χ0n) is 14.2. The van der Waals surface area contributed by atoms with Crippen molar-refractivity contribution < 1.29 is 14.3 Å². The SMILES string of the molecule is CCCCCCn1c(SCC(=O)NCc2ccco2)nc(O)cc1=O. The summed E-state index contributed by atoms with van der Waals surface area (Å²) in [5.74, 6) is 0.248. The van der Waals surface area contributed by atoms with Crippen molar-refractivity contribution in [2.75, 3.05) is 5.75 Å². The number of unbranched alkanes of at least 4 members (excludes halogenated alkanes) is 3. The summed E-state index contributed by atoms with van der Waals surface area (Å²) in [6.45, 7) is 2.96. The molecule has 0 fully saturated rings. The summed E-state index contributed by atoms with van der Waals surface area (Å²) in [6, 6.07) is 4.63. The van der Waals surface area contributed by atoms with Gasteiger partial charge in [0.1, 0.15) is 5.76 Å². The van der Waals surface area contributed by atoms with Gasteiger partial charge in [-0.25, -0.2) is 0 Å². The Hall–Kier alpha value is -2.22. The lowest BCUT2D eigenvalue weighted by Gasteiger charge is -2.11. The number of amides is 1. The van der Waals surface area contributed by atoms with Crippen LogP contribution in [0.2, 0.25) is 0 Å². The Labute approximate surface area is 150 Å². The molecule has 0 aromatic carbocycles. The van der Waals surface area contributed by atoms with Gasteiger partial charge in [0.15, 0.2) is 5.16 Å². The minimum absolute atomic E-state index is 0.103. The van der Waals surface area contributed by atoms with Crippen LogP contribution in [0, 0.1) is 0 Å². The molecule has 0 saturated heterocycles. The quantitative estimate of drug-likeness (QED) is 0.381. The average molecular weight is 365 g/mol. The number of thioether (sulfide) groups is 1. The number of furan rings is 1. The van der Waals surface area contributed by atoms with E-state index in [0.29, 0.717) is 24.0 Å². The van der Waals surface area contributed by atoms with Crippen molar-refractivity contribution in [1.82, 2.24) is 14.9 Å². The number of nitrogens with zero attached hydrogens (tertiary/aromatic N) is 2. The third-order valence-corrected chi connectivity index (χ3v) is 4.54. The molecule has 0 aliphatic carbocycles. The van der Waals surface area contributed by atoms with Gasteiger partial charge in [0.05, 0.1) is 24.6 Å². The summed E-state index contributed by atoms with van der Waals surface area (Å²) in [4.78, 5) is 28.0. The molecule has 2 N–H and O–H groups in total. The first kappa shape index (κ1) is 19.1. The van der Waals surface area contributed by atoms with Crippen LogP contribution in [0.3, 0.4) is 0 Å². The summed E-state index contributed by atoms with van der Waals surface area (Å²) in [5.41, 5.74) is -0.303. The lowest BCUT2D eigenvalue weighted by Crippen LogP contribution is -2.26.